The first-order valence-electron chi connectivity index (χ1n) is 11.1. The van der Waals surface area contributed by atoms with Crippen LogP contribution < -0.4 is 15.4 Å². The molecule has 4 rings (SSSR count). The van der Waals surface area contributed by atoms with Gasteiger partial charge in [0.15, 0.2) is 5.65 Å². The third-order valence-electron chi connectivity index (χ3n) is 5.08. The molecule has 0 radical (unpaired) electrons. The molecule has 4 aromatic rings. The number of rotatable bonds is 10. The first-order chi connectivity index (χ1) is 16.1. The molecule has 0 unspecified atom stereocenters. The van der Waals surface area contributed by atoms with E-state index in [1.54, 1.807) is 35.1 Å². The van der Waals surface area contributed by atoms with E-state index < -0.39 is 0 Å². The molecule has 0 spiro atoms. The van der Waals surface area contributed by atoms with Crippen LogP contribution in [0.15, 0.2) is 67.1 Å². The molecule has 0 saturated heterocycles. The number of anilines is 1. The van der Waals surface area contributed by atoms with Crippen LogP contribution >= 0.6 is 0 Å². The first-order valence-corrected chi connectivity index (χ1v) is 11.1. The number of amides is 1. The van der Waals surface area contributed by atoms with Gasteiger partial charge in [-0.05, 0) is 50.1 Å². The molecule has 33 heavy (non-hydrogen) atoms. The Hall–Kier alpha value is -3.94. The van der Waals surface area contributed by atoms with E-state index in [1.807, 2.05) is 32.0 Å². The summed E-state index contributed by atoms with van der Waals surface area (Å²) in [5.74, 6) is 1.37. The lowest BCUT2D eigenvalue weighted by molar-refractivity contribution is 0.0952. The van der Waals surface area contributed by atoms with Gasteiger partial charge in [-0.2, -0.15) is 5.10 Å². The predicted octanol–water partition coefficient (Wildman–Crippen LogP) is 3.70. The summed E-state index contributed by atoms with van der Waals surface area (Å²) in [6.45, 7) is 5.63. The molecule has 0 fully saturated rings. The molecule has 8 nitrogen and oxygen atoms in total. The highest BCUT2D eigenvalue weighted by molar-refractivity contribution is 5.94. The normalized spacial score (nSPS) is 11.0. The summed E-state index contributed by atoms with van der Waals surface area (Å²) in [7, 11) is 0. The SMILES string of the molecule is CC(C)Oc1ccc(C(=O)NCCn2ncc3c(NCCc4ccccc4)ncnc32)cc1. The van der Waals surface area contributed by atoms with Gasteiger partial charge in [-0.3, -0.25) is 4.79 Å². The van der Waals surface area contributed by atoms with Crippen LogP contribution in [0.5, 0.6) is 5.75 Å². The minimum Gasteiger partial charge on any atom is -0.491 e. The van der Waals surface area contributed by atoms with Crippen LogP contribution in [0, 0.1) is 0 Å². The lowest BCUT2D eigenvalue weighted by Gasteiger charge is -2.10. The smallest absolute Gasteiger partial charge is 0.251 e. The van der Waals surface area contributed by atoms with Crippen molar-refractivity contribution in [1.82, 2.24) is 25.1 Å². The van der Waals surface area contributed by atoms with Crippen molar-refractivity contribution in [3.05, 3.63) is 78.2 Å². The number of carbonyl (C=O) groups excluding carboxylic acids is 1. The summed E-state index contributed by atoms with van der Waals surface area (Å²) in [6, 6.07) is 17.4. The largest absolute Gasteiger partial charge is 0.491 e. The van der Waals surface area contributed by atoms with E-state index >= 15 is 0 Å². The fraction of sp³-hybridized carbons (Fsp3) is 0.280. The Kier molecular flexibility index (Phi) is 7.14. The van der Waals surface area contributed by atoms with Crippen molar-refractivity contribution in [1.29, 1.82) is 0 Å². The Morgan fingerprint density at radius 1 is 1.03 bits per heavy atom. The average Bonchev–Trinajstić information content (AvgIpc) is 3.24. The van der Waals surface area contributed by atoms with Crippen molar-refractivity contribution in [2.24, 2.45) is 0 Å². The fourth-order valence-electron chi connectivity index (χ4n) is 3.50. The number of hydrogen-bond acceptors (Lipinski definition) is 6. The van der Waals surface area contributed by atoms with Gasteiger partial charge in [0.2, 0.25) is 0 Å². The number of aromatic nitrogens is 4. The van der Waals surface area contributed by atoms with E-state index in [2.05, 4.69) is 37.8 Å². The molecule has 170 valence electrons. The van der Waals surface area contributed by atoms with Crippen LogP contribution in [0.25, 0.3) is 11.0 Å². The molecular weight excluding hydrogens is 416 g/mol. The van der Waals surface area contributed by atoms with Crippen LogP contribution in [0.2, 0.25) is 0 Å². The lowest BCUT2D eigenvalue weighted by Crippen LogP contribution is -2.27. The zero-order valence-electron chi connectivity index (χ0n) is 18.9. The summed E-state index contributed by atoms with van der Waals surface area (Å²) < 4.78 is 7.39. The number of ether oxygens (including phenoxy) is 1. The van der Waals surface area contributed by atoms with Gasteiger partial charge in [0.25, 0.3) is 5.91 Å². The number of fused-ring (bicyclic) bond motifs is 1. The second-order valence-corrected chi connectivity index (χ2v) is 7.94. The van der Waals surface area contributed by atoms with Crippen molar-refractivity contribution < 1.29 is 9.53 Å². The maximum absolute atomic E-state index is 12.4. The second-order valence-electron chi connectivity index (χ2n) is 7.94. The molecule has 1 amide bonds. The quantitative estimate of drug-likeness (QED) is 0.387. The number of benzene rings is 2. The van der Waals surface area contributed by atoms with E-state index in [0.29, 0.717) is 18.7 Å². The van der Waals surface area contributed by atoms with Gasteiger partial charge in [-0.1, -0.05) is 30.3 Å². The van der Waals surface area contributed by atoms with Crippen molar-refractivity contribution in [2.45, 2.75) is 32.9 Å². The van der Waals surface area contributed by atoms with Crippen LogP contribution in [-0.2, 0) is 13.0 Å². The summed E-state index contributed by atoms with van der Waals surface area (Å²) in [5, 5.41) is 11.6. The average molecular weight is 445 g/mol. The zero-order chi connectivity index (χ0) is 23.0. The van der Waals surface area contributed by atoms with Crippen LogP contribution in [0.3, 0.4) is 0 Å². The minimum atomic E-state index is -0.138. The number of hydrogen-bond donors (Lipinski definition) is 2. The van der Waals surface area contributed by atoms with Gasteiger partial charge in [-0.25, -0.2) is 14.6 Å². The summed E-state index contributed by atoms with van der Waals surface area (Å²) in [6.07, 6.45) is 4.29. The van der Waals surface area contributed by atoms with E-state index in [1.165, 1.54) is 11.9 Å². The van der Waals surface area contributed by atoms with Gasteiger partial charge in [-0.15, -0.1) is 0 Å². The number of nitrogens with one attached hydrogen (secondary N) is 2. The maximum atomic E-state index is 12.4. The molecule has 0 aliphatic carbocycles. The van der Waals surface area contributed by atoms with E-state index in [0.717, 1.165) is 35.6 Å². The van der Waals surface area contributed by atoms with Gasteiger partial charge in [0.05, 0.1) is 24.2 Å². The van der Waals surface area contributed by atoms with Gasteiger partial charge < -0.3 is 15.4 Å². The Labute approximate surface area is 193 Å². The summed E-state index contributed by atoms with van der Waals surface area (Å²) in [5.41, 5.74) is 2.59. The van der Waals surface area contributed by atoms with Gasteiger partial charge >= 0.3 is 0 Å². The minimum absolute atomic E-state index is 0.0944. The molecule has 2 N–H and O–H groups in total. The molecule has 0 saturated carbocycles. The number of carbonyl (C=O) groups is 1. The van der Waals surface area contributed by atoms with Crippen molar-refractivity contribution in [3.8, 4) is 5.75 Å². The Morgan fingerprint density at radius 3 is 2.58 bits per heavy atom. The zero-order valence-corrected chi connectivity index (χ0v) is 18.9. The monoisotopic (exact) mass is 444 g/mol. The van der Waals surface area contributed by atoms with Crippen LogP contribution in [0.1, 0.15) is 29.8 Å². The highest BCUT2D eigenvalue weighted by Crippen LogP contribution is 2.18. The molecule has 2 aromatic carbocycles. The predicted molar refractivity (Wildman–Crippen MR) is 128 cm³/mol. The molecule has 2 aromatic heterocycles. The van der Waals surface area contributed by atoms with Crippen molar-refractivity contribution in [2.75, 3.05) is 18.4 Å². The molecule has 0 aliphatic rings. The maximum Gasteiger partial charge on any atom is 0.251 e. The van der Waals surface area contributed by atoms with Crippen molar-refractivity contribution in [3.63, 3.8) is 0 Å². The number of nitrogens with zero attached hydrogens (tertiary/aromatic N) is 4. The van der Waals surface area contributed by atoms with Crippen molar-refractivity contribution >= 4 is 22.8 Å². The summed E-state index contributed by atoms with van der Waals surface area (Å²) in [4.78, 5) is 21.2. The fourth-order valence-corrected chi connectivity index (χ4v) is 3.50. The Balaban J connectivity index is 1.31. The van der Waals surface area contributed by atoms with Crippen LogP contribution in [-0.4, -0.2) is 44.8 Å². The third-order valence-corrected chi connectivity index (χ3v) is 5.08. The molecule has 0 atom stereocenters. The lowest BCUT2D eigenvalue weighted by atomic mass is 10.1. The van der Waals surface area contributed by atoms with Crippen LogP contribution in [0.4, 0.5) is 5.82 Å². The third kappa shape index (κ3) is 5.85. The standard InChI is InChI=1S/C25H28N6O2/c1-18(2)33-21-10-8-20(9-11-21)25(32)27-14-15-31-24-22(16-30-31)23(28-17-29-24)26-13-12-19-6-4-3-5-7-19/h3-11,16-18H,12-15H2,1-2H3,(H,27,32)(H,26,28,29). The highest BCUT2D eigenvalue weighted by atomic mass is 16.5. The topological polar surface area (TPSA) is 94.0 Å². The Morgan fingerprint density at radius 2 is 1.82 bits per heavy atom. The van der Waals surface area contributed by atoms with Gasteiger partial charge in [0, 0.05) is 18.7 Å². The Bertz CT molecular complexity index is 1190. The molecule has 8 heteroatoms. The molecule has 0 aliphatic heterocycles. The summed E-state index contributed by atoms with van der Waals surface area (Å²) >= 11 is 0. The van der Waals surface area contributed by atoms with E-state index in [4.69, 9.17) is 4.74 Å². The molecular formula is C25H28N6O2. The molecule has 2 heterocycles. The second kappa shape index (κ2) is 10.6. The highest BCUT2D eigenvalue weighted by Gasteiger charge is 2.11. The van der Waals surface area contributed by atoms with E-state index in [-0.39, 0.29) is 12.0 Å². The molecule has 0 bridgehead atoms. The first kappa shape index (κ1) is 22.3. The van der Waals surface area contributed by atoms with E-state index in [9.17, 15) is 4.79 Å². The van der Waals surface area contributed by atoms with Gasteiger partial charge in [0.1, 0.15) is 17.9 Å².